The van der Waals surface area contributed by atoms with E-state index in [4.69, 9.17) is 8.83 Å². The van der Waals surface area contributed by atoms with Crippen LogP contribution in [0.1, 0.15) is 11.5 Å². The molecule has 23 heavy (non-hydrogen) atoms. The van der Waals surface area contributed by atoms with E-state index in [0.29, 0.717) is 11.5 Å². The molecule has 3 rings (SSSR count). The fraction of sp³-hybridized carbons (Fsp3) is 0.0625. The summed E-state index contributed by atoms with van der Waals surface area (Å²) >= 11 is 0. The molecule has 0 bridgehead atoms. The highest BCUT2D eigenvalue weighted by Crippen LogP contribution is 2.14. The standard InChI is InChI=1S/C16H12N2O5/c19-14-13(7-1-4-11-5-2-8-22-11)15(20)18(16(21)17-14)10-12-6-3-9-23-12/h1-9H,10H2,(H,17,19,21)/b4-1+,13-7-. The molecule has 1 saturated heterocycles. The van der Waals surface area contributed by atoms with Gasteiger partial charge in [-0.2, -0.15) is 0 Å². The van der Waals surface area contributed by atoms with Crippen molar-refractivity contribution in [2.75, 3.05) is 0 Å². The van der Waals surface area contributed by atoms with Crippen LogP contribution in [0.25, 0.3) is 6.08 Å². The van der Waals surface area contributed by atoms with E-state index in [9.17, 15) is 14.4 Å². The van der Waals surface area contributed by atoms with Crippen molar-refractivity contribution in [1.82, 2.24) is 10.2 Å². The third kappa shape index (κ3) is 3.13. The number of carbonyl (C=O) groups excluding carboxylic acids is 3. The highest BCUT2D eigenvalue weighted by Gasteiger charge is 2.35. The minimum absolute atomic E-state index is 0.0514. The number of urea groups is 1. The molecule has 3 heterocycles. The van der Waals surface area contributed by atoms with Crippen LogP contribution in [-0.4, -0.2) is 22.7 Å². The molecular formula is C16H12N2O5. The molecule has 4 amide bonds. The molecule has 0 saturated carbocycles. The quantitative estimate of drug-likeness (QED) is 0.689. The Balaban J connectivity index is 1.80. The maximum absolute atomic E-state index is 12.3. The smallest absolute Gasteiger partial charge is 0.331 e. The number of amides is 4. The Bertz CT molecular complexity index is 785. The Hall–Kier alpha value is -3.35. The summed E-state index contributed by atoms with van der Waals surface area (Å²) in [6.07, 6.45) is 7.39. The van der Waals surface area contributed by atoms with Gasteiger partial charge in [0.25, 0.3) is 11.8 Å². The van der Waals surface area contributed by atoms with Crippen molar-refractivity contribution in [3.8, 4) is 0 Å². The maximum Gasteiger partial charge on any atom is 0.331 e. The molecule has 7 nitrogen and oxygen atoms in total. The van der Waals surface area contributed by atoms with Gasteiger partial charge >= 0.3 is 6.03 Å². The van der Waals surface area contributed by atoms with Gasteiger partial charge in [-0.15, -0.1) is 0 Å². The van der Waals surface area contributed by atoms with E-state index in [1.807, 2.05) is 0 Å². The predicted molar refractivity (Wildman–Crippen MR) is 78.6 cm³/mol. The first kappa shape index (κ1) is 14.6. The number of allylic oxidation sites excluding steroid dienone is 2. The van der Waals surface area contributed by atoms with E-state index in [-0.39, 0.29) is 12.1 Å². The Kier molecular flexibility index (Phi) is 3.92. The van der Waals surface area contributed by atoms with Crippen LogP contribution in [0, 0.1) is 0 Å². The average molecular weight is 312 g/mol. The molecule has 1 fully saturated rings. The molecule has 0 aliphatic carbocycles. The Morgan fingerprint density at radius 3 is 2.57 bits per heavy atom. The summed E-state index contributed by atoms with van der Waals surface area (Å²) in [6, 6.07) is 5.95. The first-order valence-corrected chi connectivity index (χ1v) is 6.76. The summed E-state index contributed by atoms with van der Waals surface area (Å²) in [4.78, 5) is 36.9. The summed E-state index contributed by atoms with van der Waals surface area (Å²) < 4.78 is 10.2. The molecule has 0 aromatic carbocycles. The number of hydrogen-bond acceptors (Lipinski definition) is 5. The Labute approximate surface area is 130 Å². The molecule has 0 radical (unpaired) electrons. The van der Waals surface area contributed by atoms with Crippen molar-refractivity contribution >= 4 is 23.9 Å². The molecule has 0 atom stereocenters. The van der Waals surface area contributed by atoms with Gasteiger partial charge in [-0.05, 0) is 36.4 Å². The van der Waals surface area contributed by atoms with Crippen LogP contribution in [0.4, 0.5) is 4.79 Å². The van der Waals surface area contributed by atoms with Crippen LogP contribution < -0.4 is 5.32 Å². The first-order valence-electron chi connectivity index (χ1n) is 6.76. The Morgan fingerprint density at radius 2 is 1.87 bits per heavy atom. The third-order valence-corrected chi connectivity index (χ3v) is 3.15. The number of nitrogens with zero attached hydrogens (tertiary/aromatic N) is 1. The van der Waals surface area contributed by atoms with Gasteiger partial charge < -0.3 is 8.83 Å². The zero-order valence-electron chi connectivity index (χ0n) is 11.9. The van der Waals surface area contributed by atoms with Gasteiger partial charge in [-0.1, -0.05) is 6.08 Å². The van der Waals surface area contributed by atoms with Crippen LogP contribution in [-0.2, 0) is 16.1 Å². The molecule has 2 aromatic rings. The van der Waals surface area contributed by atoms with Crippen LogP contribution in [0.2, 0.25) is 0 Å². The van der Waals surface area contributed by atoms with Crippen LogP contribution in [0.15, 0.2) is 63.4 Å². The van der Waals surface area contributed by atoms with Gasteiger partial charge in [-0.3, -0.25) is 19.8 Å². The van der Waals surface area contributed by atoms with Gasteiger partial charge in [0.05, 0.1) is 19.1 Å². The number of carbonyl (C=O) groups is 3. The molecule has 7 heteroatoms. The lowest BCUT2D eigenvalue weighted by molar-refractivity contribution is -0.130. The highest BCUT2D eigenvalue weighted by atomic mass is 16.3. The summed E-state index contributed by atoms with van der Waals surface area (Å²) in [5.41, 5.74) is -0.140. The largest absolute Gasteiger partial charge is 0.467 e. The highest BCUT2D eigenvalue weighted by molar-refractivity contribution is 6.28. The maximum atomic E-state index is 12.3. The van der Waals surface area contributed by atoms with Gasteiger partial charge in [0, 0.05) is 0 Å². The van der Waals surface area contributed by atoms with Crippen molar-refractivity contribution in [1.29, 1.82) is 0 Å². The molecule has 116 valence electrons. The number of barbiturate groups is 1. The number of nitrogens with one attached hydrogen (secondary N) is 1. The SMILES string of the molecule is O=C1NC(=O)N(Cc2ccco2)C(=O)/C1=C\C=C\c1ccco1. The molecule has 2 aromatic heterocycles. The normalized spacial score (nSPS) is 17.3. The lowest BCUT2D eigenvalue weighted by atomic mass is 10.1. The molecule has 0 unspecified atom stereocenters. The topological polar surface area (TPSA) is 92.8 Å². The van der Waals surface area contributed by atoms with Gasteiger partial charge in [-0.25, -0.2) is 4.79 Å². The van der Waals surface area contributed by atoms with Crippen molar-refractivity contribution in [3.63, 3.8) is 0 Å². The van der Waals surface area contributed by atoms with E-state index in [0.717, 1.165) is 4.90 Å². The molecule has 1 aliphatic rings. The number of furan rings is 2. The fourth-order valence-electron chi connectivity index (χ4n) is 2.04. The Morgan fingerprint density at radius 1 is 1.09 bits per heavy atom. The predicted octanol–water partition coefficient (Wildman–Crippen LogP) is 2.09. The number of hydrogen-bond donors (Lipinski definition) is 1. The van der Waals surface area contributed by atoms with Gasteiger partial charge in [0.1, 0.15) is 17.1 Å². The monoisotopic (exact) mass is 312 g/mol. The van der Waals surface area contributed by atoms with E-state index in [1.54, 1.807) is 30.3 Å². The third-order valence-electron chi connectivity index (χ3n) is 3.15. The van der Waals surface area contributed by atoms with E-state index >= 15 is 0 Å². The second kappa shape index (κ2) is 6.18. The van der Waals surface area contributed by atoms with Crippen molar-refractivity contribution in [3.05, 3.63) is 66.0 Å². The minimum Gasteiger partial charge on any atom is -0.467 e. The zero-order valence-corrected chi connectivity index (χ0v) is 11.9. The van der Waals surface area contributed by atoms with E-state index in [1.165, 1.54) is 24.7 Å². The average Bonchev–Trinajstić information content (AvgIpc) is 3.20. The second-order valence-corrected chi connectivity index (χ2v) is 4.68. The fourth-order valence-corrected chi connectivity index (χ4v) is 2.04. The minimum atomic E-state index is -0.774. The van der Waals surface area contributed by atoms with E-state index < -0.39 is 17.8 Å². The number of imide groups is 2. The summed E-state index contributed by atoms with van der Waals surface area (Å²) in [5, 5.41) is 2.13. The summed E-state index contributed by atoms with van der Waals surface area (Å²) in [5.74, 6) is -0.401. The van der Waals surface area contributed by atoms with Crippen molar-refractivity contribution in [2.24, 2.45) is 0 Å². The molecule has 1 N–H and O–H groups in total. The van der Waals surface area contributed by atoms with Gasteiger partial charge in [0.15, 0.2) is 0 Å². The summed E-state index contributed by atoms with van der Waals surface area (Å²) in [6.45, 7) is -0.0514. The number of rotatable bonds is 4. The van der Waals surface area contributed by atoms with Crippen LogP contribution in [0.3, 0.4) is 0 Å². The molecule has 1 aliphatic heterocycles. The van der Waals surface area contributed by atoms with Crippen molar-refractivity contribution in [2.45, 2.75) is 6.54 Å². The van der Waals surface area contributed by atoms with Crippen LogP contribution >= 0.6 is 0 Å². The van der Waals surface area contributed by atoms with Crippen LogP contribution in [0.5, 0.6) is 0 Å². The zero-order chi connectivity index (χ0) is 16.2. The lowest BCUT2D eigenvalue weighted by Crippen LogP contribution is -2.53. The van der Waals surface area contributed by atoms with E-state index in [2.05, 4.69) is 5.32 Å². The molecular weight excluding hydrogens is 300 g/mol. The van der Waals surface area contributed by atoms with Crippen molar-refractivity contribution < 1.29 is 23.2 Å². The summed E-state index contributed by atoms with van der Waals surface area (Å²) in [7, 11) is 0. The lowest BCUT2D eigenvalue weighted by Gasteiger charge is -2.25. The second-order valence-electron chi connectivity index (χ2n) is 4.68. The molecule has 0 spiro atoms. The first-order chi connectivity index (χ1) is 11.1. The van der Waals surface area contributed by atoms with Gasteiger partial charge in [0.2, 0.25) is 0 Å².